The molecule has 0 spiro atoms. The lowest BCUT2D eigenvalue weighted by Crippen LogP contribution is -2.32. The third-order valence-corrected chi connectivity index (χ3v) is 4.22. The first-order valence-corrected chi connectivity index (χ1v) is 7.06. The van der Waals surface area contributed by atoms with Crippen LogP contribution < -0.4 is 4.72 Å². The Bertz CT molecular complexity index is 607. The number of sulfonamides is 1. The predicted octanol–water partition coefficient (Wildman–Crippen LogP) is 1.32. The molecule has 8 heteroatoms. The lowest BCUT2D eigenvalue weighted by Gasteiger charge is -2.09. The van der Waals surface area contributed by atoms with Crippen molar-refractivity contribution in [3.63, 3.8) is 0 Å². The number of hydrogen-bond donors (Lipinski definition) is 1. The molecule has 1 aromatic carbocycles. The second-order valence-corrected chi connectivity index (χ2v) is 5.77. The van der Waals surface area contributed by atoms with Gasteiger partial charge in [0, 0.05) is 18.7 Å². The van der Waals surface area contributed by atoms with Gasteiger partial charge in [0.15, 0.2) is 5.25 Å². The van der Waals surface area contributed by atoms with Crippen LogP contribution in [0.4, 0.5) is 5.69 Å². The molecule has 1 atom stereocenters. The Morgan fingerprint density at radius 1 is 1.53 bits per heavy atom. The number of rotatable bonds is 6. The molecular formula is C11H13N3O4S. The second-order valence-electron chi connectivity index (χ2n) is 3.82. The van der Waals surface area contributed by atoms with E-state index in [4.69, 9.17) is 5.26 Å². The van der Waals surface area contributed by atoms with Crippen LogP contribution in [0.3, 0.4) is 0 Å². The standard InChI is InChI=1S/C11H13N3O4S/c1-2-11(7-12)19(17,18)13-8-9-4-3-5-10(6-9)14(15)16/h3-6,11,13H,2,8H2,1H3. The Morgan fingerprint density at radius 2 is 2.21 bits per heavy atom. The SMILES string of the molecule is CCC(C#N)S(=O)(=O)NCc1cccc([N+](=O)[O-])c1. The molecule has 1 unspecified atom stereocenters. The maximum Gasteiger partial charge on any atom is 0.269 e. The van der Waals surface area contributed by atoms with Crippen molar-refractivity contribution in [1.82, 2.24) is 4.72 Å². The lowest BCUT2D eigenvalue weighted by atomic mass is 10.2. The fourth-order valence-electron chi connectivity index (χ4n) is 1.44. The number of nitro benzene ring substituents is 1. The normalized spacial score (nSPS) is 12.6. The Kier molecular flexibility index (Phi) is 4.97. The zero-order valence-electron chi connectivity index (χ0n) is 10.2. The molecule has 0 amide bonds. The van der Waals surface area contributed by atoms with Gasteiger partial charge in [-0.2, -0.15) is 5.26 Å². The molecule has 19 heavy (non-hydrogen) atoms. The number of nitro groups is 1. The zero-order valence-corrected chi connectivity index (χ0v) is 11.1. The summed E-state index contributed by atoms with van der Waals surface area (Å²) in [7, 11) is -3.73. The van der Waals surface area contributed by atoms with E-state index in [2.05, 4.69) is 4.72 Å². The molecule has 0 aliphatic carbocycles. The highest BCUT2D eigenvalue weighted by Gasteiger charge is 2.22. The van der Waals surface area contributed by atoms with Gasteiger partial charge in [0.25, 0.3) is 5.69 Å². The molecular weight excluding hydrogens is 270 g/mol. The molecule has 1 N–H and O–H groups in total. The van der Waals surface area contributed by atoms with Crippen molar-refractivity contribution >= 4 is 15.7 Å². The molecule has 0 radical (unpaired) electrons. The predicted molar refractivity (Wildman–Crippen MR) is 68.5 cm³/mol. The van der Waals surface area contributed by atoms with Gasteiger partial charge >= 0.3 is 0 Å². The third-order valence-electron chi connectivity index (χ3n) is 2.49. The number of nitrogens with zero attached hydrogens (tertiary/aromatic N) is 2. The van der Waals surface area contributed by atoms with E-state index in [1.165, 1.54) is 18.2 Å². The van der Waals surface area contributed by atoms with Gasteiger partial charge in [-0.25, -0.2) is 13.1 Å². The molecule has 102 valence electrons. The van der Waals surface area contributed by atoms with Crippen LogP contribution in [-0.2, 0) is 16.6 Å². The molecule has 0 bridgehead atoms. The minimum atomic E-state index is -3.73. The summed E-state index contributed by atoms with van der Waals surface area (Å²) in [4.78, 5) is 10.0. The Hall–Kier alpha value is -1.98. The number of hydrogen-bond acceptors (Lipinski definition) is 5. The van der Waals surface area contributed by atoms with Crippen LogP contribution in [0, 0.1) is 21.4 Å². The van der Waals surface area contributed by atoms with Gasteiger partial charge in [0.2, 0.25) is 10.0 Å². The fraction of sp³-hybridized carbons (Fsp3) is 0.364. The summed E-state index contributed by atoms with van der Waals surface area (Å²) < 4.78 is 25.7. The van der Waals surface area contributed by atoms with Gasteiger partial charge in [-0.1, -0.05) is 19.1 Å². The molecule has 0 aromatic heterocycles. The summed E-state index contributed by atoms with van der Waals surface area (Å²) in [5.74, 6) is 0. The number of nitrogens with one attached hydrogen (secondary N) is 1. The van der Waals surface area contributed by atoms with E-state index in [1.54, 1.807) is 19.1 Å². The van der Waals surface area contributed by atoms with Crippen LogP contribution in [0.1, 0.15) is 18.9 Å². The highest BCUT2D eigenvalue weighted by molar-refractivity contribution is 7.90. The van der Waals surface area contributed by atoms with E-state index in [1.807, 2.05) is 0 Å². The first-order chi connectivity index (χ1) is 8.90. The molecule has 7 nitrogen and oxygen atoms in total. The molecule has 0 saturated heterocycles. The van der Waals surface area contributed by atoms with Crippen LogP contribution in [0.2, 0.25) is 0 Å². The van der Waals surface area contributed by atoms with E-state index >= 15 is 0 Å². The van der Waals surface area contributed by atoms with Gasteiger partial charge in [0.1, 0.15) is 0 Å². The molecule has 0 saturated carbocycles. The molecule has 0 fully saturated rings. The first-order valence-electron chi connectivity index (χ1n) is 5.52. The quantitative estimate of drug-likeness (QED) is 0.624. The smallest absolute Gasteiger partial charge is 0.258 e. The molecule has 0 aliphatic heterocycles. The van der Waals surface area contributed by atoms with Crippen molar-refractivity contribution in [2.75, 3.05) is 0 Å². The van der Waals surface area contributed by atoms with E-state index in [-0.39, 0.29) is 18.7 Å². The van der Waals surface area contributed by atoms with Crippen molar-refractivity contribution in [3.05, 3.63) is 39.9 Å². The maximum atomic E-state index is 11.7. The summed E-state index contributed by atoms with van der Waals surface area (Å²) >= 11 is 0. The minimum absolute atomic E-state index is 0.0812. The summed E-state index contributed by atoms with van der Waals surface area (Å²) in [6.07, 6.45) is 0.181. The van der Waals surface area contributed by atoms with Crippen LogP contribution in [0.25, 0.3) is 0 Å². The van der Waals surface area contributed by atoms with Gasteiger partial charge in [-0.3, -0.25) is 10.1 Å². The van der Waals surface area contributed by atoms with Crippen LogP contribution >= 0.6 is 0 Å². The fourth-order valence-corrected chi connectivity index (χ4v) is 2.59. The van der Waals surface area contributed by atoms with E-state index in [0.29, 0.717) is 5.56 Å². The Balaban J connectivity index is 2.80. The Morgan fingerprint density at radius 3 is 2.74 bits per heavy atom. The van der Waals surface area contributed by atoms with E-state index in [0.717, 1.165) is 0 Å². The topological polar surface area (TPSA) is 113 Å². The summed E-state index contributed by atoms with van der Waals surface area (Å²) in [6.45, 7) is 1.52. The lowest BCUT2D eigenvalue weighted by molar-refractivity contribution is -0.384. The highest BCUT2D eigenvalue weighted by Crippen LogP contribution is 2.13. The summed E-state index contributed by atoms with van der Waals surface area (Å²) in [5, 5.41) is 18.2. The van der Waals surface area contributed by atoms with Gasteiger partial charge in [0.05, 0.1) is 11.0 Å². The highest BCUT2D eigenvalue weighted by atomic mass is 32.2. The van der Waals surface area contributed by atoms with Crippen molar-refractivity contribution in [2.24, 2.45) is 0 Å². The van der Waals surface area contributed by atoms with Crippen LogP contribution in [0.15, 0.2) is 24.3 Å². The maximum absolute atomic E-state index is 11.7. The number of non-ortho nitro benzene ring substituents is 1. The third kappa shape index (κ3) is 4.01. The molecule has 0 heterocycles. The monoisotopic (exact) mass is 283 g/mol. The molecule has 1 rings (SSSR count). The van der Waals surface area contributed by atoms with E-state index in [9.17, 15) is 18.5 Å². The summed E-state index contributed by atoms with van der Waals surface area (Å²) in [5.41, 5.74) is 0.356. The number of benzene rings is 1. The molecule has 0 aliphatic rings. The zero-order chi connectivity index (χ0) is 14.5. The Labute approximate surface area is 111 Å². The van der Waals surface area contributed by atoms with E-state index < -0.39 is 20.2 Å². The molecule has 1 aromatic rings. The summed E-state index contributed by atoms with van der Waals surface area (Å²) in [6, 6.07) is 7.36. The van der Waals surface area contributed by atoms with Crippen molar-refractivity contribution in [1.29, 1.82) is 5.26 Å². The first kappa shape index (κ1) is 15.1. The van der Waals surface area contributed by atoms with Crippen molar-refractivity contribution in [2.45, 2.75) is 25.1 Å². The number of nitriles is 1. The van der Waals surface area contributed by atoms with Crippen LogP contribution in [-0.4, -0.2) is 18.6 Å². The van der Waals surface area contributed by atoms with Crippen molar-refractivity contribution < 1.29 is 13.3 Å². The minimum Gasteiger partial charge on any atom is -0.258 e. The largest absolute Gasteiger partial charge is 0.269 e. The van der Waals surface area contributed by atoms with Crippen molar-refractivity contribution in [3.8, 4) is 6.07 Å². The van der Waals surface area contributed by atoms with Gasteiger partial charge in [-0.15, -0.1) is 0 Å². The van der Waals surface area contributed by atoms with Gasteiger partial charge < -0.3 is 0 Å². The average Bonchev–Trinajstić information content (AvgIpc) is 2.38. The van der Waals surface area contributed by atoms with Crippen LogP contribution in [0.5, 0.6) is 0 Å². The second kappa shape index (κ2) is 6.26. The van der Waals surface area contributed by atoms with Gasteiger partial charge in [-0.05, 0) is 12.0 Å². The average molecular weight is 283 g/mol.